The fraction of sp³-hybridized carbons (Fsp3) is 0.300. The zero-order valence-corrected chi connectivity index (χ0v) is 13.6. The van der Waals surface area contributed by atoms with Crippen LogP contribution < -0.4 is 9.47 Å². The zero-order chi connectivity index (χ0) is 16.1. The van der Waals surface area contributed by atoms with Crippen LogP contribution in [-0.4, -0.2) is 18.9 Å². The Morgan fingerprint density at radius 1 is 1.09 bits per heavy atom. The Hall–Kier alpha value is -2.42. The smallest absolute Gasteiger partial charge is 0.191 e. The lowest BCUT2D eigenvalue weighted by Gasteiger charge is -2.15. The summed E-state index contributed by atoms with van der Waals surface area (Å²) in [4.78, 5) is 14.6. The van der Waals surface area contributed by atoms with Crippen LogP contribution in [0.5, 0.6) is 0 Å². The molecule has 1 aliphatic heterocycles. The second kappa shape index (κ2) is 7.23. The first-order chi connectivity index (χ1) is 11.3. The number of carbonyl (C=O) groups excluding carboxylic acids is 1. The van der Waals surface area contributed by atoms with Crippen LogP contribution in [0, 0.1) is 0 Å². The maximum absolute atomic E-state index is 12.2. The quantitative estimate of drug-likeness (QED) is 0.480. The number of benzene rings is 1. The van der Waals surface area contributed by atoms with Gasteiger partial charge >= 0.3 is 0 Å². The number of nitrogens with zero attached hydrogens (tertiary/aromatic N) is 2. The summed E-state index contributed by atoms with van der Waals surface area (Å²) in [6.45, 7) is 4.40. The number of rotatable bonds is 5. The van der Waals surface area contributed by atoms with Crippen molar-refractivity contribution in [2.45, 2.75) is 26.2 Å². The van der Waals surface area contributed by atoms with E-state index in [1.807, 2.05) is 47.4 Å². The molecule has 2 heterocycles. The highest BCUT2D eigenvalue weighted by atomic mass is 16.1. The Labute approximate surface area is 137 Å². The number of ketones is 1. The number of carbonyl (C=O) groups is 1. The van der Waals surface area contributed by atoms with Crippen molar-refractivity contribution in [2.24, 2.45) is 0 Å². The summed E-state index contributed by atoms with van der Waals surface area (Å²) in [6, 6.07) is 12.0. The lowest BCUT2D eigenvalue weighted by atomic mass is 10.1. The molecule has 1 aliphatic rings. The highest BCUT2D eigenvalue weighted by Gasteiger charge is 2.13. The molecule has 0 bridgehead atoms. The van der Waals surface area contributed by atoms with Crippen LogP contribution in [0.3, 0.4) is 0 Å². The normalized spacial score (nSPS) is 14.6. The van der Waals surface area contributed by atoms with Gasteiger partial charge in [-0.25, -0.2) is 0 Å². The second-order valence-electron chi connectivity index (χ2n) is 5.93. The Balaban J connectivity index is 1.65. The molecule has 0 saturated carbocycles. The van der Waals surface area contributed by atoms with Crippen LogP contribution in [0.2, 0.25) is 0 Å². The SMILES string of the molecule is CCc1ccc(C(=O)/C=C\[n+]2ccc(N3CCCC3)cc2)cc1. The molecule has 1 aromatic carbocycles. The third-order valence-corrected chi connectivity index (χ3v) is 4.35. The van der Waals surface area contributed by atoms with Gasteiger partial charge in [0.25, 0.3) is 0 Å². The van der Waals surface area contributed by atoms with Crippen molar-refractivity contribution in [2.75, 3.05) is 18.0 Å². The minimum absolute atomic E-state index is 0.0313. The van der Waals surface area contributed by atoms with E-state index >= 15 is 0 Å². The highest BCUT2D eigenvalue weighted by molar-refractivity contribution is 6.05. The van der Waals surface area contributed by atoms with E-state index in [4.69, 9.17) is 0 Å². The Bertz CT molecular complexity index is 681. The van der Waals surface area contributed by atoms with Gasteiger partial charge < -0.3 is 4.90 Å². The molecule has 23 heavy (non-hydrogen) atoms. The van der Waals surface area contributed by atoms with E-state index in [9.17, 15) is 4.79 Å². The lowest BCUT2D eigenvalue weighted by Crippen LogP contribution is -2.26. The maximum atomic E-state index is 12.2. The minimum atomic E-state index is 0.0313. The van der Waals surface area contributed by atoms with Crippen molar-refractivity contribution >= 4 is 17.7 Å². The van der Waals surface area contributed by atoms with Gasteiger partial charge in [-0.15, -0.1) is 0 Å². The summed E-state index contributed by atoms with van der Waals surface area (Å²) in [5, 5.41) is 0. The van der Waals surface area contributed by atoms with E-state index in [1.54, 1.807) is 6.08 Å². The van der Waals surface area contributed by atoms with Gasteiger partial charge in [-0.05, 0) is 24.8 Å². The minimum Gasteiger partial charge on any atom is -0.371 e. The average Bonchev–Trinajstić information content (AvgIpc) is 3.15. The van der Waals surface area contributed by atoms with E-state index in [1.165, 1.54) is 24.1 Å². The molecule has 0 amide bonds. The van der Waals surface area contributed by atoms with Crippen molar-refractivity contribution in [1.82, 2.24) is 0 Å². The van der Waals surface area contributed by atoms with Gasteiger partial charge in [-0.3, -0.25) is 4.79 Å². The summed E-state index contributed by atoms with van der Waals surface area (Å²) in [5.74, 6) is 0.0313. The Morgan fingerprint density at radius 3 is 2.35 bits per heavy atom. The van der Waals surface area contributed by atoms with Gasteiger partial charge in [-0.2, -0.15) is 4.57 Å². The molecule has 0 aliphatic carbocycles. The molecule has 0 radical (unpaired) electrons. The predicted molar refractivity (Wildman–Crippen MR) is 93.6 cm³/mol. The third-order valence-electron chi connectivity index (χ3n) is 4.35. The van der Waals surface area contributed by atoms with Gasteiger partial charge in [0.2, 0.25) is 0 Å². The topological polar surface area (TPSA) is 24.2 Å². The molecular weight excluding hydrogens is 284 g/mol. The molecule has 1 fully saturated rings. The fourth-order valence-electron chi connectivity index (χ4n) is 2.87. The Morgan fingerprint density at radius 2 is 1.74 bits per heavy atom. The molecular formula is C20H23N2O+. The zero-order valence-electron chi connectivity index (χ0n) is 13.6. The maximum Gasteiger partial charge on any atom is 0.191 e. The monoisotopic (exact) mass is 307 g/mol. The van der Waals surface area contributed by atoms with Gasteiger partial charge in [0.05, 0.1) is 6.08 Å². The van der Waals surface area contributed by atoms with Crippen molar-refractivity contribution in [1.29, 1.82) is 0 Å². The van der Waals surface area contributed by atoms with Crippen molar-refractivity contribution in [3.63, 3.8) is 0 Å². The fourth-order valence-corrected chi connectivity index (χ4v) is 2.87. The lowest BCUT2D eigenvalue weighted by molar-refractivity contribution is -0.568. The third kappa shape index (κ3) is 3.86. The first-order valence-electron chi connectivity index (χ1n) is 8.33. The van der Waals surface area contributed by atoms with Gasteiger partial charge in [0.15, 0.2) is 24.4 Å². The molecule has 0 spiro atoms. The molecule has 1 aromatic heterocycles. The molecule has 3 nitrogen and oxygen atoms in total. The predicted octanol–water partition coefficient (Wildman–Crippen LogP) is 3.49. The molecule has 3 heteroatoms. The number of hydrogen-bond donors (Lipinski definition) is 0. The van der Waals surface area contributed by atoms with Gasteiger partial charge in [0.1, 0.15) is 0 Å². The first kappa shape index (κ1) is 15.5. The summed E-state index contributed by atoms with van der Waals surface area (Å²) in [6.07, 6.45) is 11.0. The summed E-state index contributed by atoms with van der Waals surface area (Å²) in [7, 11) is 0. The van der Waals surface area contributed by atoms with Gasteiger partial charge in [-0.1, -0.05) is 31.2 Å². The Kier molecular flexibility index (Phi) is 4.86. The van der Waals surface area contributed by atoms with Crippen LogP contribution >= 0.6 is 0 Å². The van der Waals surface area contributed by atoms with Crippen molar-refractivity contribution in [3.8, 4) is 0 Å². The molecule has 0 N–H and O–H groups in total. The van der Waals surface area contributed by atoms with Crippen LogP contribution in [0.25, 0.3) is 6.20 Å². The van der Waals surface area contributed by atoms with Crippen molar-refractivity contribution < 1.29 is 9.36 Å². The molecule has 1 saturated heterocycles. The number of aryl methyl sites for hydroxylation is 1. The highest BCUT2D eigenvalue weighted by Crippen LogP contribution is 2.17. The van der Waals surface area contributed by atoms with Crippen LogP contribution in [-0.2, 0) is 6.42 Å². The van der Waals surface area contributed by atoms with E-state index in [-0.39, 0.29) is 5.78 Å². The van der Waals surface area contributed by atoms with Crippen LogP contribution in [0.4, 0.5) is 5.69 Å². The average molecular weight is 307 g/mol. The van der Waals surface area contributed by atoms with Crippen LogP contribution in [0.1, 0.15) is 35.7 Å². The standard InChI is InChI=1S/C20H23N2O/c1-2-17-5-7-18(8-6-17)20(23)11-16-21-14-9-19(10-15-21)22-12-3-4-13-22/h5-11,14-16H,2-4,12-13H2,1H3/q+1/b16-11-. The molecule has 0 atom stereocenters. The number of hydrogen-bond acceptors (Lipinski definition) is 2. The van der Waals surface area contributed by atoms with E-state index in [0.29, 0.717) is 0 Å². The number of anilines is 1. The number of allylic oxidation sites excluding steroid dienone is 1. The van der Waals surface area contributed by atoms with E-state index < -0.39 is 0 Å². The number of aromatic nitrogens is 1. The van der Waals surface area contributed by atoms with Crippen LogP contribution in [0.15, 0.2) is 54.9 Å². The van der Waals surface area contributed by atoms with Crippen molar-refractivity contribution in [3.05, 3.63) is 66.0 Å². The first-order valence-corrected chi connectivity index (χ1v) is 8.33. The summed E-state index contributed by atoms with van der Waals surface area (Å²) in [5.41, 5.74) is 3.23. The van der Waals surface area contributed by atoms with Gasteiger partial charge in [0, 0.05) is 36.5 Å². The van der Waals surface area contributed by atoms with E-state index in [2.05, 4.69) is 24.0 Å². The second-order valence-corrected chi connectivity index (χ2v) is 5.93. The molecule has 2 aromatic rings. The summed E-state index contributed by atoms with van der Waals surface area (Å²) < 4.78 is 1.91. The molecule has 118 valence electrons. The number of pyridine rings is 1. The largest absolute Gasteiger partial charge is 0.371 e. The van der Waals surface area contributed by atoms with E-state index in [0.717, 1.165) is 25.1 Å². The summed E-state index contributed by atoms with van der Waals surface area (Å²) >= 11 is 0. The molecule has 0 unspecified atom stereocenters. The molecule has 3 rings (SSSR count).